The molecule has 0 aliphatic rings. The summed E-state index contributed by atoms with van der Waals surface area (Å²) in [6.45, 7) is 7.04. The van der Waals surface area contributed by atoms with Gasteiger partial charge in [0.05, 0.1) is 9.79 Å². The Balaban J connectivity index is 0.000000227. The van der Waals surface area contributed by atoms with Gasteiger partial charge in [-0.25, -0.2) is 16.8 Å². The molecule has 4 aromatic rings. The minimum atomic E-state index is -4.39. The van der Waals surface area contributed by atoms with Gasteiger partial charge in [-0.05, 0) is 83.6 Å². The third kappa shape index (κ3) is 6.33. The fraction of sp³-hybridized carbons (Fsp3) is 0.167. The topological polar surface area (TPSA) is 114 Å². The van der Waals surface area contributed by atoms with Crippen LogP contribution in [0.2, 0.25) is 0 Å². The van der Waals surface area contributed by atoms with Gasteiger partial charge in [0.25, 0.3) is 0 Å². The molecule has 0 aliphatic carbocycles. The van der Waals surface area contributed by atoms with E-state index in [-0.39, 0.29) is 47.5 Å². The van der Waals surface area contributed by atoms with Crippen LogP contribution in [-0.4, -0.2) is 63.7 Å². The maximum atomic E-state index is 11.1. The third-order valence-electron chi connectivity index (χ3n) is 5.33. The van der Waals surface area contributed by atoms with Crippen LogP contribution >= 0.6 is 0 Å². The van der Waals surface area contributed by atoms with E-state index in [4.69, 9.17) is 0 Å². The van der Waals surface area contributed by atoms with Crippen LogP contribution in [0.1, 0.15) is 22.3 Å². The average Bonchev–Trinajstić information content (AvgIpc) is 2.66. The fourth-order valence-electron chi connectivity index (χ4n) is 3.69. The van der Waals surface area contributed by atoms with E-state index >= 15 is 0 Å². The maximum absolute atomic E-state index is 11.1. The first-order valence-corrected chi connectivity index (χ1v) is 12.5. The zero-order valence-corrected chi connectivity index (χ0v) is 22.6. The molecule has 168 valence electrons. The predicted octanol–water partition coefficient (Wildman–Crippen LogP) is 4.34. The molecule has 0 heterocycles. The molecule has 0 amide bonds. The average molecular weight is 511 g/mol. The van der Waals surface area contributed by atoms with Crippen molar-refractivity contribution in [3.05, 3.63) is 82.9 Å². The Morgan fingerprint density at radius 3 is 1.18 bits per heavy atom. The summed E-state index contributed by atoms with van der Waals surface area (Å²) in [5.74, 6) is 0. The monoisotopic (exact) mass is 510 g/mol. The number of fused-ring (bicyclic) bond motifs is 2. The maximum Gasteiger partial charge on any atom is 2.00 e. The van der Waals surface area contributed by atoms with Crippen molar-refractivity contribution in [1.29, 1.82) is 0 Å². The van der Waals surface area contributed by atoms with Crippen LogP contribution in [-0.2, 0) is 20.2 Å². The van der Waals surface area contributed by atoms with E-state index in [2.05, 4.69) is 0 Å². The predicted molar refractivity (Wildman–Crippen MR) is 129 cm³/mol. The Kier molecular flexibility index (Phi) is 8.73. The number of aryl methyl sites for hydroxylation is 4. The van der Waals surface area contributed by atoms with Crippen LogP contribution in [0.3, 0.4) is 0 Å². The van der Waals surface area contributed by atoms with Crippen LogP contribution in [0, 0.1) is 27.7 Å². The van der Waals surface area contributed by atoms with Gasteiger partial charge in [-0.3, -0.25) is 0 Å². The van der Waals surface area contributed by atoms with Crippen molar-refractivity contribution in [2.75, 3.05) is 0 Å². The van der Waals surface area contributed by atoms with Gasteiger partial charge in [0.1, 0.15) is 20.2 Å². The molecule has 0 aromatic heterocycles. The third-order valence-corrected chi connectivity index (χ3v) is 7.28. The zero-order chi connectivity index (χ0) is 23.8. The summed E-state index contributed by atoms with van der Waals surface area (Å²) >= 11 is 0. The summed E-state index contributed by atoms with van der Waals surface area (Å²) in [5, 5.41) is 3.51. The molecule has 6 nitrogen and oxygen atoms in total. The Morgan fingerprint density at radius 2 is 0.879 bits per heavy atom. The molecule has 0 saturated heterocycles. The van der Waals surface area contributed by atoms with E-state index in [1.165, 1.54) is 12.1 Å². The van der Waals surface area contributed by atoms with Crippen LogP contribution < -0.4 is 0 Å². The van der Waals surface area contributed by atoms with E-state index in [0.717, 1.165) is 32.7 Å². The van der Waals surface area contributed by atoms with E-state index < -0.39 is 20.2 Å². The molecule has 0 N–H and O–H groups in total. The Hall–Kier alpha value is -1.52. The summed E-state index contributed by atoms with van der Waals surface area (Å²) in [7, 11) is -8.78. The molecule has 0 bridgehead atoms. The van der Waals surface area contributed by atoms with Gasteiger partial charge >= 0.3 is 37.7 Å². The number of rotatable bonds is 2. The number of benzene rings is 4. The second-order valence-corrected chi connectivity index (χ2v) is 10.4. The fourth-order valence-corrected chi connectivity index (χ4v) is 5.12. The Labute approximate surface area is 224 Å². The molecule has 4 aromatic carbocycles. The first-order chi connectivity index (χ1) is 14.8. The molecular formula is C24H22CaO6S2. The molecule has 0 spiro atoms. The van der Waals surface area contributed by atoms with Crippen LogP contribution in [0.4, 0.5) is 0 Å². The smallest absolute Gasteiger partial charge is 0.744 e. The molecule has 0 fully saturated rings. The number of hydrogen-bond acceptors (Lipinski definition) is 6. The van der Waals surface area contributed by atoms with Crippen molar-refractivity contribution >= 4 is 79.5 Å². The van der Waals surface area contributed by atoms with Crippen molar-refractivity contribution in [3.63, 3.8) is 0 Å². The molecule has 4 rings (SSSR count). The molecule has 0 aliphatic heterocycles. The minimum absolute atomic E-state index is 0. The van der Waals surface area contributed by atoms with Crippen molar-refractivity contribution < 1.29 is 25.9 Å². The van der Waals surface area contributed by atoms with Crippen LogP contribution in [0.15, 0.2) is 70.5 Å². The van der Waals surface area contributed by atoms with Crippen molar-refractivity contribution in [2.24, 2.45) is 0 Å². The first-order valence-electron chi connectivity index (χ1n) is 9.71. The first kappa shape index (κ1) is 27.7. The minimum Gasteiger partial charge on any atom is -0.744 e. The summed E-state index contributed by atoms with van der Waals surface area (Å²) in [5.41, 5.74) is 2.91. The van der Waals surface area contributed by atoms with E-state index in [1.54, 1.807) is 26.0 Å². The van der Waals surface area contributed by atoms with E-state index in [0.29, 0.717) is 11.1 Å². The standard InChI is InChI=1S/2C12H12O3S.Ca/c2*1-8-4-3-5-10-6-9(2)12(7-11(8)10)16(13,14)15;/h2*3-7H,1-2H3,(H,13,14,15);/q;;+2/p-2. The summed E-state index contributed by atoms with van der Waals surface area (Å²) < 4.78 is 66.3. The molecule has 0 atom stereocenters. The van der Waals surface area contributed by atoms with Gasteiger partial charge in [-0.1, -0.05) is 48.5 Å². The molecule has 0 radical (unpaired) electrons. The Bertz CT molecular complexity index is 1440. The van der Waals surface area contributed by atoms with Gasteiger partial charge in [-0.15, -0.1) is 0 Å². The van der Waals surface area contributed by atoms with Crippen molar-refractivity contribution in [1.82, 2.24) is 0 Å². The van der Waals surface area contributed by atoms with Gasteiger partial charge in [0.15, 0.2) is 0 Å². The van der Waals surface area contributed by atoms with Gasteiger partial charge in [0.2, 0.25) is 0 Å². The summed E-state index contributed by atoms with van der Waals surface area (Å²) in [4.78, 5) is -0.261. The Morgan fingerprint density at radius 1 is 0.545 bits per heavy atom. The van der Waals surface area contributed by atoms with Crippen molar-refractivity contribution in [2.45, 2.75) is 37.5 Å². The van der Waals surface area contributed by atoms with E-state index in [1.807, 2.05) is 50.2 Å². The van der Waals surface area contributed by atoms with Crippen molar-refractivity contribution in [3.8, 4) is 0 Å². The quantitative estimate of drug-likeness (QED) is 0.293. The molecule has 0 unspecified atom stereocenters. The molecule has 0 saturated carbocycles. The second-order valence-electron chi connectivity index (χ2n) is 7.74. The number of hydrogen-bond donors (Lipinski definition) is 0. The largest absolute Gasteiger partial charge is 2.00 e. The van der Waals surface area contributed by atoms with Crippen LogP contribution in [0.5, 0.6) is 0 Å². The van der Waals surface area contributed by atoms with Gasteiger partial charge in [-0.2, -0.15) is 0 Å². The van der Waals surface area contributed by atoms with E-state index in [9.17, 15) is 25.9 Å². The zero-order valence-electron chi connectivity index (χ0n) is 18.7. The molecule has 9 heteroatoms. The summed E-state index contributed by atoms with van der Waals surface area (Å²) in [6, 6.07) is 17.8. The normalized spacial score (nSPS) is 11.6. The van der Waals surface area contributed by atoms with Crippen LogP contribution in [0.25, 0.3) is 21.5 Å². The SMILES string of the molecule is Cc1cc2cccc(C)c2cc1S(=O)(=O)[O-].Cc1cc2cccc(C)c2cc1S(=O)(=O)[O-].[Ca+2]. The molecular weight excluding hydrogens is 488 g/mol. The van der Waals surface area contributed by atoms with Gasteiger partial charge in [0, 0.05) is 0 Å². The second kappa shape index (κ2) is 10.4. The molecule has 33 heavy (non-hydrogen) atoms. The summed E-state index contributed by atoms with van der Waals surface area (Å²) in [6.07, 6.45) is 0. The van der Waals surface area contributed by atoms with Gasteiger partial charge < -0.3 is 9.11 Å².